The highest BCUT2D eigenvalue weighted by atomic mass is 16.5. The maximum Gasteiger partial charge on any atom is 0.339 e. The molecule has 5 heteroatoms. The van der Waals surface area contributed by atoms with Gasteiger partial charge in [0.1, 0.15) is 0 Å². The first-order valence-corrected chi connectivity index (χ1v) is 6.87. The smallest absolute Gasteiger partial charge is 0.339 e. The molecular weight excluding hydrogens is 254 g/mol. The average molecular weight is 281 g/mol. The Morgan fingerprint density at radius 3 is 2.65 bits per heavy atom. The van der Waals surface area contributed by atoms with Crippen molar-refractivity contribution in [3.8, 4) is 0 Å². The minimum Gasteiger partial charge on any atom is -0.465 e. The molecule has 0 saturated heterocycles. The minimum atomic E-state index is -0.294. The average Bonchev–Trinajstić information content (AvgIpc) is 2.67. The predicted octanol–water partition coefficient (Wildman–Crippen LogP) is 1.79. The second-order valence-electron chi connectivity index (χ2n) is 6.33. The Morgan fingerprint density at radius 2 is 2.10 bits per heavy atom. The summed E-state index contributed by atoms with van der Waals surface area (Å²) in [6.07, 6.45) is 0. The molecule has 0 aliphatic heterocycles. The van der Waals surface area contributed by atoms with Crippen molar-refractivity contribution in [2.45, 2.75) is 27.3 Å². The predicted molar refractivity (Wildman–Crippen MR) is 80.9 cm³/mol. The van der Waals surface area contributed by atoms with E-state index in [1.54, 1.807) is 0 Å². The number of H-pyrrole nitrogens is 1. The second kappa shape index (κ2) is 6.90. The van der Waals surface area contributed by atoms with Crippen LogP contribution in [-0.4, -0.2) is 50.1 Å². The number of esters is 1. The number of aromatic amines is 1. The standard InChI is InChI=1S/C15H27N3O2/c1-11-13(14(19)20-6)7-12(17-11)8-16-9-15(2,3)10-18(4)5/h7,16-17H,8-10H2,1-6H3. The van der Waals surface area contributed by atoms with Crippen molar-refractivity contribution in [2.24, 2.45) is 5.41 Å². The van der Waals surface area contributed by atoms with Crippen molar-refractivity contribution in [2.75, 3.05) is 34.3 Å². The van der Waals surface area contributed by atoms with E-state index in [4.69, 9.17) is 4.74 Å². The van der Waals surface area contributed by atoms with E-state index in [1.807, 2.05) is 13.0 Å². The Bertz CT molecular complexity index is 450. The fourth-order valence-electron chi connectivity index (χ4n) is 2.49. The fraction of sp³-hybridized carbons (Fsp3) is 0.667. The molecule has 1 heterocycles. The summed E-state index contributed by atoms with van der Waals surface area (Å²) in [5, 5.41) is 3.43. The molecule has 0 aromatic carbocycles. The SMILES string of the molecule is COC(=O)c1cc(CNCC(C)(C)CN(C)C)[nH]c1C. The lowest BCUT2D eigenvalue weighted by Crippen LogP contribution is -2.37. The van der Waals surface area contributed by atoms with E-state index < -0.39 is 0 Å². The van der Waals surface area contributed by atoms with Gasteiger partial charge in [-0.05, 0) is 32.5 Å². The highest BCUT2D eigenvalue weighted by Crippen LogP contribution is 2.15. The molecule has 0 fully saturated rings. The Labute approximate surface area is 121 Å². The number of carbonyl (C=O) groups is 1. The van der Waals surface area contributed by atoms with Crippen molar-refractivity contribution >= 4 is 5.97 Å². The summed E-state index contributed by atoms with van der Waals surface area (Å²) in [7, 11) is 5.56. The van der Waals surface area contributed by atoms with Gasteiger partial charge in [-0.15, -0.1) is 0 Å². The number of aromatic nitrogens is 1. The fourth-order valence-corrected chi connectivity index (χ4v) is 2.49. The molecule has 1 aromatic heterocycles. The summed E-state index contributed by atoms with van der Waals surface area (Å²) in [4.78, 5) is 16.9. The molecule has 0 spiro atoms. The summed E-state index contributed by atoms with van der Waals surface area (Å²) < 4.78 is 4.75. The van der Waals surface area contributed by atoms with Crippen molar-refractivity contribution in [3.05, 3.63) is 23.0 Å². The molecule has 5 nitrogen and oxygen atoms in total. The lowest BCUT2D eigenvalue weighted by atomic mass is 9.93. The molecule has 0 atom stereocenters. The van der Waals surface area contributed by atoms with Crippen LogP contribution in [0.5, 0.6) is 0 Å². The molecule has 0 bridgehead atoms. The zero-order chi connectivity index (χ0) is 15.3. The normalized spacial score (nSPS) is 11.9. The van der Waals surface area contributed by atoms with E-state index in [1.165, 1.54) is 7.11 Å². The van der Waals surface area contributed by atoms with E-state index in [2.05, 4.69) is 43.1 Å². The van der Waals surface area contributed by atoms with E-state index in [-0.39, 0.29) is 11.4 Å². The second-order valence-corrected chi connectivity index (χ2v) is 6.33. The summed E-state index contributed by atoms with van der Waals surface area (Å²) in [6, 6.07) is 1.85. The first-order valence-electron chi connectivity index (χ1n) is 6.87. The van der Waals surface area contributed by atoms with Crippen LogP contribution in [0, 0.1) is 12.3 Å². The van der Waals surface area contributed by atoms with Crippen LogP contribution < -0.4 is 5.32 Å². The lowest BCUT2D eigenvalue weighted by Gasteiger charge is -2.28. The third-order valence-corrected chi connectivity index (χ3v) is 3.14. The van der Waals surface area contributed by atoms with E-state index >= 15 is 0 Å². The van der Waals surface area contributed by atoms with E-state index in [0.717, 1.165) is 24.5 Å². The van der Waals surface area contributed by atoms with Crippen molar-refractivity contribution in [1.29, 1.82) is 0 Å². The van der Waals surface area contributed by atoms with Gasteiger partial charge in [0, 0.05) is 31.0 Å². The number of nitrogens with zero attached hydrogens (tertiary/aromatic N) is 1. The molecule has 2 N–H and O–H groups in total. The van der Waals surface area contributed by atoms with Crippen LogP contribution in [0.4, 0.5) is 0 Å². The molecule has 114 valence electrons. The number of hydrogen-bond acceptors (Lipinski definition) is 4. The van der Waals surface area contributed by atoms with E-state index in [9.17, 15) is 4.79 Å². The largest absolute Gasteiger partial charge is 0.465 e. The van der Waals surface area contributed by atoms with Crippen LogP contribution in [0.2, 0.25) is 0 Å². The van der Waals surface area contributed by atoms with Crippen LogP contribution in [0.15, 0.2) is 6.07 Å². The molecule has 0 radical (unpaired) electrons. The number of rotatable bonds is 7. The highest BCUT2D eigenvalue weighted by molar-refractivity contribution is 5.90. The van der Waals surface area contributed by atoms with Crippen LogP contribution in [0.1, 0.15) is 35.6 Å². The lowest BCUT2D eigenvalue weighted by molar-refractivity contribution is 0.0600. The molecule has 0 saturated carbocycles. The molecule has 1 aromatic rings. The molecule has 20 heavy (non-hydrogen) atoms. The first-order chi connectivity index (χ1) is 9.25. The van der Waals surface area contributed by atoms with Crippen LogP contribution in [-0.2, 0) is 11.3 Å². The van der Waals surface area contributed by atoms with Crippen LogP contribution in [0.25, 0.3) is 0 Å². The van der Waals surface area contributed by atoms with Crippen molar-refractivity contribution < 1.29 is 9.53 Å². The number of nitrogens with one attached hydrogen (secondary N) is 2. The molecule has 0 unspecified atom stereocenters. The van der Waals surface area contributed by atoms with Gasteiger partial charge < -0.3 is 19.9 Å². The maximum absolute atomic E-state index is 11.5. The molecule has 1 rings (SSSR count). The third kappa shape index (κ3) is 4.98. The Balaban J connectivity index is 2.52. The number of methoxy groups -OCH3 is 1. The van der Waals surface area contributed by atoms with Crippen LogP contribution >= 0.6 is 0 Å². The first kappa shape index (κ1) is 16.7. The molecular formula is C15H27N3O2. The van der Waals surface area contributed by atoms with E-state index in [0.29, 0.717) is 12.1 Å². The molecule has 0 amide bonds. The quantitative estimate of drug-likeness (QED) is 0.748. The van der Waals surface area contributed by atoms with Gasteiger partial charge >= 0.3 is 5.97 Å². The topological polar surface area (TPSA) is 57.4 Å². The van der Waals surface area contributed by atoms with Crippen LogP contribution in [0.3, 0.4) is 0 Å². The Hall–Kier alpha value is -1.33. The van der Waals surface area contributed by atoms with Crippen molar-refractivity contribution in [3.63, 3.8) is 0 Å². The summed E-state index contributed by atoms with van der Waals surface area (Å²) in [5.74, 6) is -0.294. The Kier molecular flexibility index (Phi) is 5.77. The van der Waals surface area contributed by atoms with Gasteiger partial charge in [0.05, 0.1) is 12.7 Å². The number of aryl methyl sites for hydroxylation is 1. The summed E-state index contributed by atoms with van der Waals surface area (Å²) >= 11 is 0. The van der Waals surface area contributed by atoms with Gasteiger partial charge in [-0.1, -0.05) is 13.8 Å². The highest BCUT2D eigenvalue weighted by Gasteiger charge is 2.18. The van der Waals surface area contributed by atoms with Gasteiger partial charge in [0.15, 0.2) is 0 Å². The number of ether oxygens (including phenoxy) is 1. The van der Waals surface area contributed by atoms with Gasteiger partial charge in [0.25, 0.3) is 0 Å². The van der Waals surface area contributed by atoms with Gasteiger partial charge in [-0.25, -0.2) is 4.79 Å². The number of hydrogen-bond donors (Lipinski definition) is 2. The molecule has 0 aliphatic carbocycles. The maximum atomic E-state index is 11.5. The third-order valence-electron chi connectivity index (χ3n) is 3.14. The zero-order valence-corrected chi connectivity index (χ0v) is 13.5. The van der Waals surface area contributed by atoms with Gasteiger partial charge in [-0.2, -0.15) is 0 Å². The zero-order valence-electron chi connectivity index (χ0n) is 13.5. The van der Waals surface area contributed by atoms with Gasteiger partial charge in [0.2, 0.25) is 0 Å². The summed E-state index contributed by atoms with van der Waals surface area (Å²) in [6.45, 7) is 9.01. The van der Waals surface area contributed by atoms with Gasteiger partial charge in [-0.3, -0.25) is 0 Å². The number of carbonyl (C=O) groups excluding carboxylic acids is 1. The Morgan fingerprint density at radius 1 is 1.45 bits per heavy atom. The summed E-state index contributed by atoms with van der Waals surface area (Å²) in [5.41, 5.74) is 2.66. The molecule has 0 aliphatic rings. The monoisotopic (exact) mass is 281 g/mol. The van der Waals surface area contributed by atoms with Crippen molar-refractivity contribution in [1.82, 2.24) is 15.2 Å². The minimum absolute atomic E-state index is 0.205.